The van der Waals surface area contributed by atoms with Crippen LogP contribution in [0.25, 0.3) is 0 Å². The Hall–Kier alpha value is -0.260. The summed E-state index contributed by atoms with van der Waals surface area (Å²) in [6, 6.07) is 0. The van der Waals surface area contributed by atoms with Crippen molar-refractivity contribution >= 4 is 0 Å². The molecule has 0 spiro atoms. The fourth-order valence-electron chi connectivity index (χ4n) is 11.3. The number of hydrogen-bond donors (Lipinski definition) is 0. The summed E-state index contributed by atoms with van der Waals surface area (Å²) < 4.78 is 0. The topological polar surface area (TPSA) is 0 Å². The van der Waals surface area contributed by atoms with Crippen LogP contribution in [-0.4, -0.2) is 0 Å². The SMILES string of the molecule is CC(C)[C@@H]1CC[C@]2(C)CC[C@]3(C)[C@H](CC[C@@H]4[C@]5(C)C=CCC(C)(C)[C@@H]5CC[C@]43C)[C@@H]12. The smallest absolute Gasteiger partial charge is 0.00795 e. The second kappa shape index (κ2) is 6.41. The molecule has 0 unspecified atom stereocenters. The van der Waals surface area contributed by atoms with Gasteiger partial charge in [-0.1, -0.05) is 67.5 Å². The van der Waals surface area contributed by atoms with Crippen LogP contribution >= 0.6 is 0 Å². The minimum Gasteiger partial charge on any atom is -0.0874 e. The van der Waals surface area contributed by atoms with Crippen LogP contribution in [0.2, 0.25) is 0 Å². The van der Waals surface area contributed by atoms with Crippen molar-refractivity contribution in [3.63, 3.8) is 0 Å². The van der Waals surface area contributed by atoms with Crippen molar-refractivity contribution in [3.8, 4) is 0 Å². The quantitative estimate of drug-likeness (QED) is 0.378. The highest BCUT2D eigenvalue weighted by Gasteiger charge is 2.69. The third-order valence-electron chi connectivity index (χ3n) is 13.0. The second-order valence-corrected chi connectivity index (χ2v) is 14.8. The molecular weight excluding hydrogens is 360 g/mol. The molecule has 0 N–H and O–H groups in total. The Morgan fingerprint density at radius 1 is 0.733 bits per heavy atom. The summed E-state index contributed by atoms with van der Waals surface area (Å²) in [5.74, 6) is 5.53. The summed E-state index contributed by atoms with van der Waals surface area (Å²) in [5, 5.41) is 0. The van der Waals surface area contributed by atoms with Gasteiger partial charge in [-0.05, 0) is 120 Å². The number of fused-ring (bicyclic) bond motifs is 7. The second-order valence-electron chi connectivity index (χ2n) is 14.8. The summed E-state index contributed by atoms with van der Waals surface area (Å²) in [7, 11) is 0. The Kier molecular flexibility index (Phi) is 4.61. The molecule has 5 rings (SSSR count). The lowest BCUT2D eigenvalue weighted by atomic mass is 9.33. The first-order valence-corrected chi connectivity index (χ1v) is 13.6. The van der Waals surface area contributed by atoms with E-state index in [0.717, 1.165) is 35.5 Å². The molecule has 170 valence electrons. The largest absolute Gasteiger partial charge is 0.0874 e. The summed E-state index contributed by atoms with van der Waals surface area (Å²) in [6.45, 7) is 21.1. The molecule has 0 aromatic rings. The minimum atomic E-state index is 0.413. The molecule has 4 fully saturated rings. The van der Waals surface area contributed by atoms with Gasteiger partial charge in [0, 0.05) is 0 Å². The molecule has 0 aromatic carbocycles. The van der Waals surface area contributed by atoms with E-state index in [9.17, 15) is 0 Å². The lowest BCUT2D eigenvalue weighted by Crippen LogP contribution is -2.64. The molecule has 9 atom stereocenters. The van der Waals surface area contributed by atoms with Crippen LogP contribution in [0.4, 0.5) is 0 Å². The number of allylic oxidation sites excluding steroid dienone is 2. The normalized spacial score (nSPS) is 56.8. The molecule has 0 amide bonds. The van der Waals surface area contributed by atoms with E-state index in [1.807, 2.05) is 0 Å². The van der Waals surface area contributed by atoms with Crippen molar-refractivity contribution < 1.29 is 0 Å². The third kappa shape index (κ3) is 2.52. The van der Waals surface area contributed by atoms with Gasteiger partial charge in [0.2, 0.25) is 0 Å². The van der Waals surface area contributed by atoms with Gasteiger partial charge in [0.25, 0.3) is 0 Å². The Bertz CT molecular complexity index is 728. The lowest BCUT2D eigenvalue weighted by Gasteiger charge is -2.72. The zero-order valence-electron chi connectivity index (χ0n) is 21.5. The van der Waals surface area contributed by atoms with Crippen molar-refractivity contribution in [2.45, 2.75) is 113 Å². The van der Waals surface area contributed by atoms with Crippen LogP contribution in [0.5, 0.6) is 0 Å². The number of hydrogen-bond acceptors (Lipinski definition) is 0. The van der Waals surface area contributed by atoms with Gasteiger partial charge in [-0.25, -0.2) is 0 Å². The van der Waals surface area contributed by atoms with Crippen LogP contribution in [0.15, 0.2) is 12.2 Å². The van der Waals surface area contributed by atoms with E-state index in [4.69, 9.17) is 0 Å². The van der Waals surface area contributed by atoms with Crippen molar-refractivity contribution in [1.29, 1.82) is 0 Å². The van der Waals surface area contributed by atoms with E-state index in [1.54, 1.807) is 0 Å². The van der Waals surface area contributed by atoms with Gasteiger partial charge in [0.15, 0.2) is 0 Å². The van der Waals surface area contributed by atoms with Crippen LogP contribution < -0.4 is 0 Å². The average Bonchev–Trinajstić information content (AvgIpc) is 2.99. The van der Waals surface area contributed by atoms with Crippen LogP contribution in [0.3, 0.4) is 0 Å². The molecule has 0 aromatic heterocycles. The summed E-state index contributed by atoms with van der Waals surface area (Å²) in [5.41, 5.74) is 2.58. The van der Waals surface area contributed by atoms with Crippen molar-refractivity contribution in [1.82, 2.24) is 0 Å². The summed E-state index contributed by atoms with van der Waals surface area (Å²) >= 11 is 0. The Balaban J connectivity index is 1.56. The zero-order chi connectivity index (χ0) is 21.7. The maximum Gasteiger partial charge on any atom is -0.00795 e. The highest BCUT2D eigenvalue weighted by atomic mass is 14.7. The van der Waals surface area contributed by atoms with E-state index in [2.05, 4.69) is 67.5 Å². The first-order valence-electron chi connectivity index (χ1n) is 13.6. The molecule has 0 saturated heterocycles. The average molecular weight is 411 g/mol. The summed E-state index contributed by atoms with van der Waals surface area (Å²) in [4.78, 5) is 0. The zero-order valence-corrected chi connectivity index (χ0v) is 21.5. The van der Waals surface area contributed by atoms with E-state index in [1.165, 1.54) is 57.8 Å². The molecule has 30 heavy (non-hydrogen) atoms. The summed E-state index contributed by atoms with van der Waals surface area (Å²) in [6.07, 6.45) is 18.5. The van der Waals surface area contributed by atoms with Gasteiger partial charge in [-0.15, -0.1) is 0 Å². The standard InChI is InChI=1S/C30H50/c1-20(2)21-12-16-27(5)18-19-29(7)22(25(21)27)10-11-24-28(6)15-9-14-26(3,4)23(28)13-17-30(24,29)8/h9,15,20-25H,10-14,16-19H2,1-8H3/t21-,22+,23-,24+,25+,27+,28+,29+,30+/m0/s1. The minimum absolute atomic E-state index is 0.413. The van der Waals surface area contributed by atoms with E-state index < -0.39 is 0 Å². The van der Waals surface area contributed by atoms with Crippen molar-refractivity contribution in [2.75, 3.05) is 0 Å². The van der Waals surface area contributed by atoms with Crippen molar-refractivity contribution in [3.05, 3.63) is 12.2 Å². The Labute approximate surface area is 188 Å². The molecular formula is C30H50. The first-order chi connectivity index (χ1) is 13.9. The molecule has 0 heteroatoms. The molecule has 0 radical (unpaired) electrons. The molecule has 4 saturated carbocycles. The fraction of sp³-hybridized carbons (Fsp3) is 0.933. The van der Waals surface area contributed by atoms with Gasteiger partial charge in [0.1, 0.15) is 0 Å². The molecule has 0 nitrogen and oxygen atoms in total. The highest BCUT2D eigenvalue weighted by Crippen LogP contribution is 2.76. The molecule has 0 aliphatic heterocycles. The third-order valence-corrected chi connectivity index (χ3v) is 13.0. The van der Waals surface area contributed by atoms with E-state index >= 15 is 0 Å². The van der Waals surface area contributed by atoms with Crippen molar-refractivity contribution in [2.24, 2.45) is 62.6 Å². The van der Waals surface area contributed by atoms with E-state index in [0.29, 0.717) is 27.1 Å². The van der Waals surface area contributed by atoms with Gasteiger partial charge >= 0.3 is 0 Å². The Morgan fingerprint density at radius 3 is 2.17 bits per heavy atom. The Morgan fingerprint density at radius 2 is 1.47 bits per heavy atom. The lowest BCUT2D eigenvalue weighted by molar-refractivity contribution is -0.219. The molecule has 0 bridgehead atoms. The highest BCUT2D eigenvalue weighted by molar-refractivity contribution is 5.23. The maximum atomic E-state index is 2.79. The van der Waals surface area contributed by atoms with Crippen LogP contribution in [0, 0.1) is 62.6 Å². The van der Waals surface area contributed by atoms with Gasteiger partial charge in [-0.3, -0.25) is 0 Å². The molecule has 0 heterocycles. The van der Waals surface area contributed by atoms with Gasteiger partial charge in [-0.2, -0.15) is 0 Å². The predicted molar refractivity (Wildman–Crippen MR) is 129 cm³/mol. The van der Waals surface area contributed by atoms with Crippen LogP contribution in [-0.2, 0) is 0 Å². The predicted octanol–water partition coefficient (Wildman–Crippen LogP) is 8.91. The van der Waals surface area contributed by atoms with E-state index in [-0.39, 0.29) is 0 Å². The maximum absolute atomic E-state index is 2.79. The fourth-order valence-corrected chi connectivity index (χ4v) is 11.3. The molecule has 5 aliphatic carbocycles. The molecule has 5 aliphatic rings. The van der Waals surface area contributed by atoms with Gasteiger partial charge < -0.3 is 0 Å². The first kappa shape index (κ1) is 21.6. The monoisotopic (exact) mass is 410 g/mol. The van der Waals surface area contributed by atoms with Gasteiger partial charge in [0.05, 0.1) is 0 Å². The van der Waals surface area contributed by atoms with Crippen LogP contribution in [0.1, 0.15) is 113 Å². The number of rotatable bonds is 1.